The summed E-state index contributed by atoms with van der Waals surface area (Å²) in [6.07, 6.45) is 2.30. The number of amides is 1. The SMILES string of the molecule is O=C(C(Cc1ccc(Cl)cc1)NCCO)N1CCC2=C(Cc3ccc(Cl)cc32)C1. The Balaban J connectivity index is 1.48. The Bertz CT molecular complexity index is 940. The fraction of sp³-hybridized carbons (Fsp3) is 0.348. The van der Waals surface area contributed by atoms with Gasteiger partial charge in [0.1, 0.15) is 0 Å². The molecule has 2 N–H and O–H groups in total. The molecule has 1 atom stereocenters. The van der Waals surface area contributed by atoms with Crippen molar-refractivity contribution in [2.75, 3.05) is 26.2 Å². The normalized spacial score (nSPS) is 16.6. The van der Waals surface area contributed by atoms with Gasteiger partial charge in [-0.1, -0.05) is 41.4 Å². The number of rotatable bonds is 6. The standard InChI is InChI=1S/C23H24Cl2N2O2/c24-18-4-1-15(2-5-18)11-22(26-8-10-28)23(29)27-9-7-20-17(14-27)12-16-3-6-19(25)13-21(16)20/h1-6,13,22,26,28H,7-12,14H2. The van der Waals surface area contributed by atoms with Crippen LogP contribution in [-0.4, -0.2) is 48.2 Å². The molecule has 0 aromatic heterocycles. The minimum atomic E-state index is -0.372. The molecule has 152 valence electrons. The molecule has 29 heavy (non-hydrogen) atoms. The van der Waals surface area contributed by atoms with Gasteiger partial charge in [-0.15, -0.1) is 0 Å². The lowest BCUT2D eigenvalue weighted by Gasteiger charge is -2.32. The average Bonchev–Trinajstić information content (AvgIpc) is 3.09. The van der Waals surface area contributed by atoms with Gasteiger partial charge in [0.15, 0.2) is 0 Å². The summed E-state index contributed by atoms with van der Waals surface area (Å²) in [5, 5.41) is 13.9. The van der Waals surface area contributed by atoms with Crippen molar-refractivity contribution in [3.05, 3.63) is 74.8 Å². The second-order valence-corrected chi connectivity index (χ2v) is 8.50. The topological polar surface area (TPSA) is 52.6 Å². The van der Waals surface area contributed by atoms with Crippen molar-refractivity contribution in [3.63, 3.8) is 0 Å². The van der Waals surface area contributed by atoms with Gasteiger partial charge in [0.2, 0.25) is 5.91 Å². The van der Waals surface area contributed by atoms with E-state index in [1.807, 2.05) is 41.3 Å². The van der Waals surface area contributed by atoms with Gasteiger partial charge in [-0.2, -0.15) is 0 Å². The quantitative estimate of drug-likeness (QED) is 0.733. The highest BCUT2D eigenvalue weighted by atomic mass is 35.5. The first-order valence-electron chi connectivity index (χ1n) is 9.92. The Labute approximate surface area is 181 Å². The Kier molecular flexibility index (Phi) is 6.26. The molecule has 2 aromatic carbocycles. The monoisotopic (exact) mass is 430 g/mol. The Morgan fingerprint density at radius 3 is 2.66 bits per heavy atom. The average molecular weight is 431 g/mol. The molecule has 0 spiro atoms. The molecule has 1 aliphatic heterocycles. The molecule has 0 fully saturated rings. The number of nitrogens with one attached hydrogen (secondary N) is 1. The van der Waals surface area contributed by atoms with Gasteiger partial charge in [-0.05, 0) is 71.4 Å². The smallest absolute Gasteiger partial charge is 0.240 e. The van der Waals surface area contributed by atoms with Crippen LogP contribution in [0.5, 0.6) is 0 Å². The van der Waals surface area contributed by atoms with Gasteiger partial charge in [0, 0.05) is 29.7 Å². The summed E-state index contributed by atoms with van der Waals surface area (Å²) in [6.45, 7) is 1.73. The molecule has 2 aromatic rings. The van der Waals surface area contributed by atoms with E-state index < -0.39 is 0 Å². The predicted octanol–water partition coefficient (Wildman–Crippen LogP) is 3.73. The second kappa shape index (κ2) is 8.88. The van der Waals surface area contributed by atoms with E-state index in [1.165, 1.54) is 22.3 Å². The Morgan fingerprint density at radius 2 is 1.90 bits per heavy atom. The summed E-state index contributed by atoms with van der Waals surface area (Å²) >= 11 is 12.2. The highest BCUT2D eigenvalue weighted by Crippen LogP contribution is 2.39. The number of nitrogens with zero attached hydrogens (tertiary/aromatic N) is 1. The van der Waals surface area contributed by atoms with Crippen LogP contribution in [0.25, 0.3) is 5.57 Å². The predicted molar refractivity (Wildman–Crippen MR) is 117 cm³/mol. The largest absolute Gasteiger partial charge is 0.395 e. The maximum Gasteiger partial charge on any atom is 0.240 e. The highest BCUT2D eigenvalue weighted by molar-refractivity contribution is 6.31. The van der Waals surface area contributed by atoms with E-state index in [0.717, 1.165) is 23.4 Å². The molecule has 1 aliphatic carbocycles. The molecule has 2 aliphatic rings. The molecule has 4 nitrogen and oxygen atoms in total. The van der Waals surface area contributed by atoms with Crippen LogP contribution < -0.4 is 5.32 Å². The lowest BCUT2D eigenvalue weighted by atomic mass is 9.97. The van der Waals surface area contributed by atoms with Crippen molar-refractivity contribution in [2.45, 2.75) is 25.3 Å². The van der Waals surface area contributed by atoms with Crippen LogP contribution in [0.3, 0.4) is 0 Å². The number of carbonyl (C=O) groups excluding carboxylic acids is 1. The van der Waals surface area contributed by atoms with Crippen LogP contribution in [0, 0.1) is 0 Å². The van der Waals surface area contributed by atoms with Crippen molar-refractivity contribution in [2.24, 2.45) is 0 Å². The Hall–Kier alpha value is -1.85. The summed E-state index contributed by atoms with van der Waals surface area (Å²) in [5.74, 6) is 0.0777. The van der Waals surface area contributed by atoms with Gasteiger partial charge in [0.25, 0.3) is 0 Å². The molecule has 0 bridgehead atoms. The molecular formula is C23H24Cl2N2O2. The van der Waals surface area contributed by atoms with Gasteiger partial charge in [0.05, 0.1) is 12.6 Å². The molecule has 0 radical (unpaired) electrons. The van der Waals surface area contributed by atoms with Crippen molar-refractivity contribution in [1.29, 1.82) is 0 Å². The van der Waals surface area contributed by atoms with E-state index in [0.29, 0.717) is 31.1 Å². The van der Waals surface area contributed by atoms with Crippen LogP contribution in [-0.2, 0) is 17.6 Å². The number of benzene rings is 2. The molecular weight excluding hydrogens is 407 g/mol. The summed E-state index contributed by atoms with van der Waals surface area (Å²) in [4.78, 5) is 15.2. The number of aliphatic hydroxyl groups excluding tert-OH is 1. The van der Waals surface area contributed by atoms with Crippen LogP contribution in [0.1, 0.15) is 23.1 Å². The molecule has 4 rings (SSSR count). The third-order valence-corrected chi connectivity index (χ3v) is 6.19. The zero-order valence-corrected chi connectivity index (χ0v) is 17.6. The number of halogens is 2. The lowest BCUT2D eigenvalue weighted by molar-refractivity contribution is -0.133. The molecule has 6 heteroatoms. The van der Waals surface area contributed by atoms with Crippen LogP contribution in [0.2, 0.25) is 10.0 Å². The van der Waals surface area contributed by atoms with Crippen molar-refractivity contribution in [3.8, 4) is 0 Å². The van der Waals surface area contributed by atoms with Gasteiger partial charge in [-0.3, -0.25) is 4.79 Å². The number of hydrogen-bond donors (Lipinski definition) is 2. The van der Waals surface area contributed by atoms with Crippen molar-refractivity contribution < 1.29 is 9.90 Å². The summed E-state index contributed by atoms with van der Waals surface area (Å²) < 4.78 is 0. The van der Waals surface area contributed by atoms with Gasteiger partial charge < -0.3 is 15.3 Å². The Morgan fingerprint density at radius 1 is 1.14 bits per heavy atom. The minimum Gasteiger partial charge on any atom is -0.395 e. The first-order valence-corrected chi connectivity index (χ1v) is 10.7. The second-order valence-electron chi connectivity index (χ2n) is 7.63. The van der Waals surface area contributed by atoms with Crippen LogP contribution >= 0.6 is 23.2 Å². The van der Waals surface area contributed by atoms with Crippen molar-refractivity contribution in [1.82, 2.24) is 10.2 Å². The maximum absolute atomic E-state index is 13.3. The van der Waals surface area contributed by atoms with E-state index in [-0.39, 0.29) is 18.6 Å². The zero-order chi connectivity index (χ0) is 20.4. The molecule has 0 saturated carbocycles. The first kappa shape index (κ1) is 20.4. The number of hydrogen-bond acceptors (Lipinski definition) is 3. The molecule has 1 heterocycles. The summed E-state index contributed by atoms with van der Waals surface area (Å²) in [5.41, 5.74) is 6.25. The maximum atomic E-state index is 13.3. The molecule has 1 unspecified atom stereocenters. The number of fused-ring (bicyclic) bond motifs is 2. The van der Waals surface area contributed by atoms with E-state index in [9.17, 15) is 9.90 Å². The lowest BCUT2D eigenvalue weighted by Crippen LogP contribution is -2.50. The summed E-state index contributed by atoms with van der Waals surface area (Å²) in [6, 6.07) is 13.3. The van der Waals surface area contributed by atoms with E-state index in [2.05, 4.69) is 11.4 Å². The van der Waals surface area contributed by atoms with Gasteiger partial charge in [-0.25, -0.2) is 0 Å². The molecule has 1 amide bonds. The van der Waals surface area contributed by atoms with Crippen LogP contribution in [0.4, 0.5) is 0 Å². The van der Waals surface area contributed by atoms with E-state index in [1.54, 1.807) is 0 Å². The number of carbonyl (C=O) groups is 1. The fourth-order valence-corrected chi connectivity index (χ4v) is 4.58. The van der Waals surface area contributed by atoms with Gasteiger partial charge >= 0.3 is 0 Å². The highest BCUT2D eigenvalue weighted by Gasteiger charge is 2.32. The third-order valence-electron chi connectivity index (χ3n) is 5.71. The first-order chi connectivity index (χ1) is 14.0. The number of aliphatic hydroxyl groups is 1. The van der Waals surface area contributed by atoms with Crippen LogP contribution in [0.15, 0.2) is 48.0 Å². The third kappa shape index (κ3) is 4.51. The summed E-state index contributed by atoms with van der Waals surface area (Å²) in [7, 11) is 0. The van der Waals surface area contributed by atoms with E-state index in [4.69, 9.17) is 23.2 Å². The molecule has 0 saturated heterocycles. The fourth-order valence-electron chi connectivity index (χ4n) is 4.28. The zero-order valence-electron chi connectivity index (χ0n) is 16.1. The minimum absolute atomic E-state index is 0.00420. The van der Waals surface area contributed by atoms with Crippen molar-refractivity contribution >= 4 is 34.7 Å². The van der Waals surface area contributed by atoms with E-state index >= 15 is 0 Å².